The Morgan fingerprint density at radius 1 is 1.27 bits per heavy atom. The first-order chi connectivity index (χ1) is 10.5. The number of hydrogen-bond acceptors (Lipinski definition) is 5. The van der Waals surface area contributed by atoms with Gasteiger partial charge < -0.3 is 19.0 Å². The van der Waals surface area contributed by atoms with Gasteiger partial charge in [0.15, 0.2) is 0 Å². The number of esters is 1. The quantitative estimate of drug-likeness (QED) is 0.512. The number of ether oxygens (including phenoxy) is 1. The fourth-order valence-electron chi connectivity index (χ4n) is 1.76. The highest BCUT2D eigenvalue weighted by Gasteiger charge is 2.13. The van der Waals surface area contributed by atoms with Gasteiger partial charge in [0.2, 0.25) is 5.91 Å². The third-order valence-corrected chi connectivity index (χ3v) is 2.95. The molecule has 0 atom stereocenters. The van der Waals surface area contributed by atoms with Crippen LogP contribution in [0.15, 0.2) is 28.9 Å². The molecule has 0 aliphatic rings. The van der Waals surface area contributed by atoms with Crippen LogP contribution in [0.1, 0.15) is 19.1 Å². The largest absolute Gasteiger partial charge is 0.466 e. The lowest BCUT2D eigenvalue weighted by Gasteiger charge is -2.22. The highest BCUT2D eigenvalue weighted by molar-refractivity contribution is 5.91. The summed E-state index contributed by atoms with van der Waals surface area (Å²) >= 11 is 0. The van der Waals surface area contributed by atoms with Crippen molar-refractivity contribution in [3.8, 4) is 0 Å². The second-order valence-corrected chi connectivity index (χ2v) is 5.03. The lowest BCUT2D eigenvalue weighted by atomic mass is 10.3. The van der Waals surface area contributed by atoms with Crippen molar-refractivity contribution in [1.29, 1.82) is 0 Å². The highest BCUT2D eigenvalue weighted by atomic mass is 16.5. The predicted molar refractivity (Wildman–Crippen MR) is 84.1 cm³/mol. The van der Waals surface area contributed by atoms with Crippen molar-refractivity contribution in [2.75, 3.05) is 40.3 Å². The summed E-state index contributed by atoms with van der Waals surface area (Å²) in [6.07, 6.45) is 4.82. The van der Waals surface area contributed by atoms with E-state index in [0.29, 0.717) is 25.5 Å². The van der Waals surface area contributed by atoms with Crippen molar-refractivity contribution < 1.29 is 18.7 Å². The normalized spacial score (nSPS) is 11.1. The molecule has 0 aromatic carbocycles. The topological polar surface area (TPSA) is 63.0 Å². The van der Waals surface area contributed by atoms with Gasteiger partial charge in [0.05, 0.1) is 19.3 Å². The summed E-state index contributed by atoms with van der Waals surface area (Å²) < 4.78 is 10.0. The van der Waals surface area contributed by atoms with Gasteiger partial charge in [-0.2, -0.15) is 0 Å². The standard InChI is InChI=1S/C16H24N2O4/c1-4-21-16(20)9-10-18(12-11-17(2)3)15(19)8-7-14-6-5-13-22-14/h5-8,13H,4,9-12H2,1-3H3/b8-7+. The van der Waals surface area contributed by atoms with Crippen LogP contribution in [0.5, 0.6) is 0 Å². The molecule has 0 bridgehead atoms. The predicted octanol–water partition coefficient (Wildman–Crippen LogP) is 1.64. The van der Waals surface area contributed by atoms with Crippen LogP contribution in [0.4, 0.5) is 0 Å². The summed E-state index contributed by atoms with van der Waals surface area (Å²) in [5, 5.41) is 0. The molecule has 0 saturated carbocycles. The van der Waals surface area contributed by atoms with Crippen LogP contribution in [0.3, 0.4) is 0 Å². The first-order valence-electron chi connectivity index (χ1n) is 7.33. The molecule has 1 heterocycles. The minimum absolute atomic E-state index is 0.150. The molecule has 6 heteroatoms. The average molecular weight is 308 g/mol. The van der Waals surface area contributed by atoms with E-state index in [9.17, 15) is 9.59 Å². The second kappa shape index (κ2) is 9.78. The number of carbonyl (C=O) groups is 2. The summed E-state index contributed by atoms with van der Waals surface area (Å²) in [6, 6.07) is 3.53. The highest BCUT2D eigenvalue weighted by Crippen LogP contribution is 2.04. The summed E-state index contributed by atoms with van der Waals surface area (Å²) in [6.45, 7) is 3.73. The number of rotatable bonds is 9. The maximum absolute atomic E-state index is 12.2. The molecule has 0 spiro atoms. The van der Waals surface area contributed by atoms with Gasteiger partial charge >= 0.3 is 5.97 Å². The maximum Gasteiger partial charge on any atom is 0.307 e. The molecule has 1 aromatic heterocycles. The van der Waals surface area contributed by atoms with E-state index in [2.05, 4.69) is 0 Å². The molecule has 1 amide bonds. The minimum atomic E-state index is -0.292. The third kappa shape index (κ3) is 7.08. The van der Waals surface area contributed by atoms with Gasteiger partial charge in [-0.05, 0) is 39.2 Å². The Morgan fingerprint density at radius 3 is 2.64 bits per heavy atom. The lowest BCUT2D eigenvalue weighted by Crippen LogP contribution is -2.37. The molecule has 6 nitrogen and oxygen atoms in total. The lowest BCUT2D eigenvalue weighted by molar-refractivity contribution is -0.143. The van der Waals surface area contributed by atoms with Gasteiger partial charge in [-0.25, -0.2) is 0 Å². The number of nitrogens with zero attached hydrogens (tertiary/aromatic N) is 2. The summed E-state index contributed by atoms with van der Waals surface area (Å²) in [7, 11) is 3.87. The molecular weight excluding hydrogens is 284 g/mol. The second-order valence-electron chi connectivity index (χ2n) is 5.03. The molecule has 0 fully saturated rings. The zero-order valence-corrected chi connectivity index (χ0v) is 13.4. The van der Waals surface area contributed by atoms with Crippen LogP contribution in [-0.2, 0) is 14.3 Å². The Labute approximate surface area is 131 Å². The van der Waals surface area contributed by atoms with E-state index >= 15 is 0 Å². The van der Waals surface area contributed by atoms with E-state index in [-0.39, 0.29) is 18.3 Å². The first kappa shape index (κ1) is 18.0. The number of carbonyl (C=O) groups excluding carboxylic acids is 2. The van der Waals surface area contributed by atoms with Gasteiger partial charge in [0.1, 0.15) is 5.76 Å². The van der Waals surface area contributed by atoms with Crippen molar-refractivity contribution >= 4 is 18.0 Å². The molecule has 0 radical (unpaired) electrons. The van der Waals surface area contributed by atoms with Crippen molar-refractivity contribution in [1.82, 2.24) is 9.80 Å². The minimum Gasteiger partial charge on any atom is -0.466 e. The Balaban J connectivity index is 2.58. The molecule has 0 aliphatic heterocycles. The molecule has 1 aromatic rings. The van der Waals surface area contributed by atoms with Gasteiger partial charge in [0.25, 0.3) is 0 Å². The molecule has 0 aliphatic carbocycles. The Kier molecular flexibility index (Phi) is 7.99. The Hall–Kier alpha value is -2.08. The molecule has 0 N–H and O–H groups in total. The van der Waals surface area contributed by atoms with Gasteiger partial charge in [-0.3, -0.25) is 9.59 Å². The van der Waals surface area contributed by atoms with E-state index in [1.165, 1.54) is 6.08 Å². The zero-order valence-electron chi connectivity index (χ0n) is 13.4. The molecule has 0 saturated heterocycles. The van der Waals surface area contributed by atoms with E-state index in [0.717, 1.165) is 6.54 Å². The summed E-state index contributed by atoms with van der Waals surface area (Å²) in [4.78, 5) is 27.3. The molecule has 1 rings (SSSR count). The zero-order chi connectivity index (χ0) is 16.4. The number of hydrogen-bond donors (Lipinski definition) is 0. The van der Waals surface area contributed by atoms with E-state index < -0.39 is 0 Å². The fraction of sp³-hybridized carbons (Fsp3) is 0.500. The average Bonchev–Trinajstić information content (AvgIpc) is 2.98. The first-order valence-corrected chi connectivity index (χ1v) is 7.33. The van der Waals surface area contributed by atoms with Crippen LogP contribution in [-0.4, -0.2) is 62.0 Å². The van der Waals surface area contributed by atoms with Crippen molar-refractivity contribution in [2.45, 2.75) is 13.3 Å². The SMILES string of the molecule is CCOC(=O)CCN(CCN(C)C)C(=O)/C=C/c1ccco1. The van der Waals surface area contributed by atoms with Crippen LogP contribution < -0.4 is 0 Å². The Morgan fingerprint density at radius 2 is 2.05 bits per heavy atom. The number of furan rings is 1. The third-order valence-electron chi connectivity index (χ3n) is 2.95. The van der Waals surface area contributed by atoms with Crippen LogP contribution in [0.2, 0.25) is 0 Å². The summed E-state index contributed by atoms with van der Waals surface area (Å²) in [5.41, 5.74) is 0. The summed E-state index contributed by atoms with van der Waals surface area (Å²) in [5.74, 6) is 0.175. The van der Waals surface area contributed by atoms with Gasteiger partial charge in [-0.1, -0.05) is 0 Å². The van der Waals surface area contributed by atoms with Crippen molar-refractivity contribution in [3.05, 3.63) is 30.2 Å². The van der Waals surface area contributed by atoms with Crippen molar-refractivity contribution in [3.63, 3.8) is 0 Å². The molecule has 0 unspecified atom stereocenters. The van der Waals surface area contributed by atoms with E-state index in [1.807, 2.05) is 19.0 Å². The monoisotopic (exact) mass is 308 g/mol. The van der Waals surface area contributed by atoms with Crippen LogP contribution in [0, 0.1) is 0 Å². The molecule has 22 heavy (non-hydrogen) atoms. The van der Waals surface area contributed by atoms with E-state index in [4.69, 9.17) is 9.15 Å². The number of likely N-dealkylation sites (N-methyl/N-ethyl adjacent to an activating group) is 1. The van der Waals surface area contributed by atoms with Crippen LogP contribution >= 0.6 is 0 Å². The molecule has 122 valence electrons. The van der Waals surface area contributed by atoms with Gasteiger partial charge in [-0.15, -0.1) is 0 Å². The Bertz CT molecular complexity index is 480. The van der Waals surface area contributed by atoms with Crippen LogP contribution in [0.25, 0.3) is 6.08 Å². The van der Waals surface area contributed by atoms with E-state index in [1.54, 1.807) is 36.3 Å². The molecular formula is C16H24N2O4. The maximum atomic E-state index is 12.2. The smallest absolute Gasteiger partial charge is 0.307 e. The van der Waals surface area contributed by atoms with Crippen molar-refractivity contribution in [2.24, 2.45) is 0 Å². The number of amides is 1. The van der Waals surface area contributed by atoms with Gasteiger partial charge in [0, 0.05) is 25.7 Å². The fourth-order valence-corrected chi connectivity index (χ4v) is 1.76.